The van der Waals surface area contributed by atoms with E-state index in [1.807, 2.05) is 0 Å². The van der Waals surface area contributed by atoms with Gasteiger partial charge in [0, 0.05) is 17.6 Å². The fraction of sp³-hybridized carbons (Fsp3) is 0.235. The minimum atomic E-state index is -4.68. The number of hydrogen-bond acceptors (Lipinski definition) is 6. The number of alkyl halides is 3. The molecule has 0 aliphatic rings. The topological polar surface area (TPSA) is 69.2 Å². The summed E-state index contributed by atoms with van der Waals surface area (Å²) in [5.41, 5.74) is 0.752. The van der Waals surface area contributed by atoms with Crippen molar-refractivity contribution in [3.63, 3.8) is 0 Å². The number of pyridine rings is 1. The Labute approximate surface area is 147 Å². The molecule has 0 spiro atoms. The summed E-state index contributed by atoms with van der Waals surface area (Å²) in [7, 11) is 2.84. The molecular formula is C17H15F3N4O2. The maximum Gasteiger partial charge on any atom is 0.451 e. The Balaban J connectivity index is 2.11. The van der Waals surface area contributed by atoms with Crippen molar-refractivity contribution < 1.29 is 22.6 Å². The van der Waals surface area contributed by atoms with Gasteiger partial charge < -0.3 is 14.8 Å². The van der Waals surface area contributed by atoms with E-state index < -0.39 is 12.0 Å². The number of ether oxygens (including phenoxy) is 2. The van der Waals surface area contributed by atoms with Gasteiger partial charge in [0.25, 0.3) is 0 Å². The Kier molecular flexibility index (Phi) is 4.79. The van der Waals surface area contributed by atoms with Gasteiger partial charge in [0.15, 0.2) is 11.5 Å². The van der Waals surface area contributed by atoms with Crippen molar-refractivity contribution in [2.24, 2.45) is 0 Å². The van der Waals surface area contributed by atoms with Crippen LogP contribution in [0.3, 0.4) is 0 Å². The Hall–Kier alpha value is -3.10. The first kappa shape index (κ1) is 17.7. The number of nitrogens with one attached hydrogen (secondary N) is 1. The van der Waals surface area contributed by atoms with Crippen LogP contribution in [0.2, 0.25) is 0 Å². The average Bonchev–Trinajstić information content (AvgIpc) is 2.64. The average molecular weight is 364 g/mol. The zero-order chi connectivity index (χ0) is 18.7. The second kappa shape index (κ2) is 7.03. The molecule has 0 saturated heterocycles. The van der Waals surface area contributed by atoms with Crippen LogP contribution in [0, 0.1) is 0 Å². The van der Waals surface area contributed by atoms with Gasteiger partial charge in [0.2, 0.25) is 5.82 Å². The van der Waals surface area contributed by atoms with Gasteiger partial charge in [0.1, 0.15) is 5.82 Å². The summed E-state index contributed by atoms with van der Waals surface area (Å²) in [6, 6.07) is 8.22. The fourth-order valence-electron chi connectivity index (χ4n) is 2.39. The summed E-state index contributed by atoms with van der Waals surface area (Å²) >= 11 is 0. The predicted octanol–water partition coefficient (Wildman–Crippen LogP) is 3.67. The van der Waals surface area contributed by atoms with Crippen LogP contribution in [-0.2, 0) is 12.7 Å². The van der Waals surface area contributed by atoms with Crippen LogP contribution in [0.15, 0.2) is 36.5 Å². The molecule has 0 bridgehead atoms. The standard InChI is InChI=1S/C17H15F3N4O2/c1-25-13-7-11-12(8-14(13)26-2)23-16(17(18,19)20)24-15(11)22-9-10-5-3-4-6-21-10/h3-8H,9H2,1-2H3,(H,22,23,24). The second-order valence-electron chi connectivity index (χ2n) is 5.29. The Bertz CT molecular complexity index is 917. The molecule has 0 unspecified atom stereocenters. The zero-order valence-corrected chi connectivity index (χ0v) is 14.0. The lowest BCUT2D eigenvalue weighted by Crippen LogP contribution is -2.14. The lowest BCUT2D eigenvalue weighted by molar-refractivity contribution is -0.144. The molecule has 3 rings (SSSR count). The monoisotopic (exact) mass is 364 g/mol. The number of aromatic nitrogens is 3. The quantitative estimate of drug-likeness (QED) is 0.745. The van der Waals surface area contributed by atoms with Crippen LogP contribution in [0.25, 0.3) is 10.9 Å². The minimum absolute atomic E-state index is 0.0360. The van der Waals surface area contributed by atoms with E-state index in [1.54, 1.807) is 24.4 Å². The smallest absolute Gasteiger partial charge is 0.451 e. The SMILES string of the molecule is COc1cc2nc(C(F)(F)F)nc(NCc3ccccn3)c2cc1OC. The van der Waals surface area contributed by atoms with E-state index in [9.17, 15) is 13.2 Å². The molecule has 3 aromatic rings. The van der Waals surface area contributed by atoms with E-state index in [2.05, 4.69) is 20.3 Å². The molecule has 6 nitrogen and oxygen atoms in total. The number of methoxy groups -OCH3 is 2. The summed E-state index contributed by atoms with van der Waals surface area (Å²) in [6.07, 6.45) is -3.08. The second-order valence-corrected chi connectivity index (χ2v) is 5.29. The maximum absolute atomic E-state index is 13.2. The highest BCUT2D eigenvalue weighted by Gasteiger charge is 2.35. The van der Waals surface area contributed by atoms with E-state index in [4.69, 9.17) is 9.47 Å². The lowest BCUT2D eigenvalue weighted by Gasteiger charge is -2.14. The van der Waals surface area contributed by atoms with Crippen molar-refractivity contribution in [1.82, 2.24) is 15.0 Å². The van der Waals surface area contributed by atoms with Gasteiger partial charge in [-0.25, -0.2) is 9.97 Å². The summed E-state index contributed by atoms with van der Waals surface area (Å²) in [4.78, 5) is 11.4. The fourth-order valence-corrected chi connectivity index (χ4v) is 2.39. The highest BCUT2D eigenvalue weighted by atomic mass is 19.4. The van der Waals surface area contributed by atoms with Crippen LogP contribution in [0.1, 0.15) is 11.5 Å². The summed E-state index contributed by atoms with van der Waals surface area (Å²) in [5.74, 6) is -0.554. The molecule has 1 N–H and O–H groups in total. The first-order valence-corrected chi connectivity index (χ1v) is 7.57. The van der Waals surface area contributed by atoms with Gasteiger partial charge in [-0.05, 0) is 18.2 Å². The highest BCUT2D eigenvalue weighted by Crippen LogP contribution is 2.36. The van der Waals surface area contributed by atoms with Gasteiger partial charge in [-0.3, -0.25) is 4.98 Å². The van der Waals surface area contributed by atoms with Crippen LogP contribution in [0.4, 0.5) is 19.0 Å². The third-order valence-electron chi connectivity index (χ3n) is 3.62. The largest absolute Gasteiger partial charge is 0.493 e. The molecule has 0 radical (unpaired) electrons. The van der Waals surface area contributed by atoms with Crippen LogP contribution >= 0.6 is 0 Å². The van der Waals surface area contributed by atoms with Crippen LogP contribution < -0.4 is 14.8 Å². The van der Waals surface area contributed by atoms with Crippen LogP contribution in [-0.4, -0.2) is 29.2 Å². The normalized spacial score (nSPS) is 11.4. The molecule has 0 atom stereocenters. The number of rotatable bonds is 5. The Morgan fingerprint density at radius 3 is 2.38 bits per heavy atom. The summed E-state index contributed by atoms with van der Waals surface area (Å²) in [5, 5.41) is 3.28. The van der Waals surface area contributed by atoms with Gasteiger partial charge in [-0.1, -0.05) is 6.07 Å². The first-order valence-electron chi connectivity index (χ1n) is 7.57. The third kappa shape index (κ3) is 3.61. The number of anilines is 1. The third-order valence-corrected chi connectivity index (χ3v) is 3.62. The van der Waals surface area contributed by atoms with E-state index >= 15 is 0 Å². The van der Waals surface area contributed by atoms with Crippen molar-refractivity contribution in [2.45, 2.75) is 12.7 Å². The molecule has 2 heterocycles. The first-order chi connectivity index (χ1) is 12.4. The molecular weight excluding hydrogens is 349 g/mol. The molecule has 0 aliphatic heterocycles. The van der Waals surface area contributed by atoms with Crippen molar-refractivity contribution >= 4 is 16.7 Å². The minimum Gasteiger partial charge on any atom is -0.493 e. The summed E-state index contributed by atoms with van der Waals surface area (Å²) < 4.78 is 49.9. The van der Waals surface area contributed by atoms with Gasteiger partial charge in [0.05, 0.1) is 32.0 Å². The zero-order valence-electron chi connectivity index (χ0n) is 14.0. The molecule has 136 valence electrons. The molecule has 0 aliphatic carbocycles. The van der Waals surface area contributed by atoms with E-state index in [0.29, 0.717) is 16.8 Å². The predicted molar refractivity (Wildman–Crippen MR) is 89.2 cm³/mol. The number of halogens is 3. The van der Waals surface area contributed by atoms with Crippen molar-refractivity contribution in [2.75, 3.05) is 19.5 Å². The van der Waals surface area contributed by atoms with Crippen LogP contribution in [0.5, 0.6) is 11.5 Å². The number of benzene rings is 1. The lowest BCUT2D eigenvalue weighted by atomic mass is 10.2. The molecule has 0 fully saturated rings. The Morgan fingerprint density at radius 2 is 1.77 bits per heavy atom. The van der Waals surface area contributed by atoms with Gasteiger partial charge >= 0.3 is 6.18 Å². The number of fused-ring (bicyclic) bond motifs is 1. The van der Waals surface area contributed by atoms with E-state index in [-0.39, 0.29) is 23.6 Å². The molecule has 0 amide bonds. The van der Waals surface area contributed by atoms with Crippen molar-refractivity contribution in [1.29, 1.82) is 0 Å². The van der Waals surface area contributed by atoms with Crippen molar-refractivity contribution in [3.05, 3.63) is 48.0 Å². The Morgan fingerprint density at radius 1 is 1.04 bits per heavy atom. The maximum atomic E-state index is 13.2. The van der Waals surface area contributed by atoms with E-state index in [1.165, 1.54) is 26.4 Å². The molecule has 26 heavy (non-hydrogen) atoms. The van der Waals surface area contributed by atoms with Crippen molar-refractivity contribution in [3.8, 4) is 11.5 Å². The number of nitrogens with zero attached hydrogens (tertiary/aromatic N) is 3. The molecule has 1 aromatic carbocycles. The van der Waals surface area contributed by atoms with Gasteiger partial charge in [-0.15, -0.1) is 0 Å². The number of hydrogen-bond donors (Lipinski definition) is 1. The van der Waals surface area contributed by atoms with E-state index in [0.717, 1.165) is 0 Å². The molecule has 9 heteroatoms. The molecule has 0 saturated carbocycles. The van der Waals surface area contributed by atoms with Gasteiger partial charge in [-0.2, -0.15) is 13.2 Å². The highest BCUT2D eigenvalue weighted by molar-refractivity contribution is 5.91. The summed E-state index contributed by atoms with van der Waals surface area (Å²) in [6.45, 7) is 0.207. The molecule has 2 aromatic heterocycles.